The highest BCUT2D eigenvalue weighted by Crippen LogP contribution is 2.66. The molecular weight excluding hydrogens is 1470 g/mol. The average molecular weight is 1550 g/mol. The number of benzene rings is 19. The second-order valence-electron chi connectivity index (χ2n) is 33.6. The minimum absolute atomic E-state index is 0.101. The highest BCUT2D eigenvalue weighted by molar-refractivity contribution is 6.10. The van der Waals surface area contributed by atoms with Crippen molar-refractivity contribution in [3.63, 3.8) is 0 Å². The van der Waals surface area contributed by atoms with E-state index in [0.29, 0.717) is 0 Å². The van der Waals surface area contributed by atoms with Gasteiger partial charge in [-0.1, -0.05) is 372 Å². The Balaban J connectivity index is 0.000000138. The number of hydrogen-bond acceptors (Lipinski definition) is 2. The summed E-state index contributed by atoms with van der Waals surface area (Å²) >= 11 is 0. The molecule has 572 valence electrons. The maximum Gasteiger partial charge on any atom is 0.0725 e. The number of aromatic nitrogens is 1. The molecule has 20 aromatic rings. The van der Waals surface area contributed by atoms with Gasteiger partial charge in [0.15, 0.2) is 0 Å². The molecule has 0 unspecified atom stereocenters. The smallest absolute Gasteiger partial charge is 0.0725 e. The summed E-state index contributed by atoms with van der Waals surface area (Å²) in [5.74, 6) is 0. The molecule has 0 saturated carbocycles. The van der Waals surface area contributed by atoms with E-state index in [9.17, 15) is 0 Å². The van der Waals surface area contributed by atoms with Crippen LogP contribution in [-0.4, -0.2) is 4.57 Å². The highest BCUT2D eigenvalue weighted by Gasteiger charge is 2.54. The van der Waals surface area contributed by atoms with Crippen LogP contribution in [0.15, 0.2) is 455 Å². The maximum atomic E-state index is 2.42. The summed E-state index contributed by atoms with van der Waals surface area (Å²) in [4.78, 5) is 4.80. The van der Waals surface area contributed by atoms with Crippen molar-refractivity contribution < 1.29 is 0 Å². The van der Waals surface area contributed by atoms with Crippen LogP contribution in [0.5, 0.6) is 0 Å². The van der Waals surface area contributed by atoms with Crippen LogP contribution in [0.2, 0.25) is 0 Å². The predicted molar refractivity (Wildman–Crippen MR) is 508 cm³/mol. The first kappa shape index (κ1) is 70.8. The quantitative estimate of drug-likeness (QED) is 0.128. The molecule has 1 aromatic heterocycles. The van der Waals surface area contributed by atoms with Crippen molar-refractivity contribution in [2.45, 2.75) is 30.1 Å². The molecule has 0 fully saturated rings. The molecule has 19 aromatic carbocycles. The van der Waals surface area contributed by atoms with Crippen LogP contribution >= 0.6 is 0 Å². The molecule has 0 amide bonds. The zero-order valence-corrected chi connectivity index (χ0v) is 67.6. The van der Waals surface area contributed by atoms with E-state index < -0.39 is 0 Å². The lowest BCUT2D eigenvalue weighted by atomic mass is 9.70. The van der Waals surface area contributed by atoms with Gasteiger partial charge in [-0.25, -0.2) is 0 Å². The van der Waals surface area contributed by atoms with Gasteiger partial charge in [0.05, 0.1) is 21.9 Å². The van der Waals surface area contributed by atoms with E-state index in [-0.39, 0.29) is 16.2 Å². The predicted octanol–water partition coefficient (Wildman–Crippen LogP) is 31.1. The van der Waals surface area contributed by atoms with Crippen LogP contribution in [0, 0.1) is 0 Å². The SMILES string of the molecule is CC1(C)c2ccccc2-c2ccc(N(c3ccc(-c4ccccc4)cc3)c3ccc(-c4cccc5c4-c4ccccc4C54c5ccccc5-c5ccccc54)cc3)cc21.c1ccc(-c2ccc(N(c3ccc(-c4cccc5c4-c4ccccc4C54c5ccccc5-c5ccccc54)cc3)c3ccc(-n4c5ccccc5c5ccccc54)cc3)cc2)cc1. The number of anilines is 6. The Hall–Kier alpha value is -15.4. The summed E-state index contributed by atoms with van der Waals surface area (Å²) in [5, 5.41) is 2.52. The first-order valence-electron chi connectivity index (χ1n) is 42.6. The van der Waals surface area contributed by atoms with Gasteiger partial charge in [-0.05, 0) is 253 Å². The molecule has 5 aliphatic carbocycles. The standard InChI is InChI=1S/C61H40N2.C58H41N/c1-2-15-41(16-3-1)42-29-33-44(34-30-42)62(46-37-39-47(40-38-46)63-58-27-12-7-19-51(58)52-20-8-13-28-59(52)63)45-35-31-43(32-36-45)48-22-14-26-57-60(48)53-21-6-11-25-56(53)61(57)54-23-9-4-17-49(54)50-18-5-10-24-55(50)61;1-57(2)50-22-10-6-17-45(50)48-36-35-43(37-55(48)57)59(41-31-27-39(28-32-41)38-15-4-3-5-16-38)42-33-29-40(30-34-42)44-21-14-26-54-56(44)49-20-9-13-25-53(49)58(54)51-23-11-7-18-46(51)47-19-8-12-24-52(47)58/h1-40H;3-37H,1-2H3. The highest BCUT2D eigenvalue weighted by atomic mass is 15.1. The van der Waals surface area contributed by atoms with Crippen LogP contribution in [0.25, 0.3) is 128 Å². The van der Waals surface area contributed by atoms with Crippen LogP contribution in [0.1, 0.15) is 69.5 Å². The summed E-state index contributed by atoms with van der Waals surface area (Å²) < 4.78 is 2.38. The van der Waals surface area contributed by atoms with Crippen molar-refractivity contribution in [2.24, 2.45) is 0 Å². The second-order valence-corrected chi connectivity index (χ2v) is 33.6. The molecule has 2 spiro atoms. The van der Waals surface area contributed by atoms with E-state index >= 15 is 0 Å². The molecule has 5 aliphatic rings. The van der Waals surface area contributed by atoms with Gasteiger partial charge in [-0.2, -0.15) is 0 Å². The Kier molecular flexibility index (Phi) is 16.2. The minimum atomic E-state index is -0.372. The molecule has 0 aliphatic heterocycles. The first-order chi connectivity index (χ1) is 60.3. The third-order valence-corrected chi connectivity index (χ3v) is 27.2. The first-order valence-corrected chi connectivity index (χ1v) is 42.6. The lowest BCUT2D eigenvalue weighted by Crippen LogP contribution is -2.25. The Morgan fingerprint density at radius 3 is 0.836 bits per heavy atom. The van der Waals surface area contributed by atoms with Crippen LogP contribution in [0.4, 0.5) is 34.1 Å². The minimum Gasteiger partial charge on any atom is -0.311 e. The van der Waals surface area contributed by atoms with Crippen LogP contribution in [-0.2, 0) is 16.2 Å². The van der Waals surface area contributed by atoms with Crippen molar-refractivity contribution in [3.05, 3.63) is 511 Å². The number of para-hydroxylation sites is 2. The topological polar surface area (TPSA) is 11.4 Å². The molecule has 0 N–H and O–H groups in total. The third-order valence-electron chi connectivity index (χ3n) is 27.2. The molecule has 3 nitrogen and oxygen atoms in total. The van der Waals surface area contributed by atoms with Crippen molar-refractivity contribution in [3.8, 4) is 106 Å². The maximum absolute atomic E-state index is 2.42. The van der Waals surface area contributed by atoms with E-state index in [1.54, 1.807) is 0 Å². The molecule has 3 heteroatoms. The van der Waals surface area contributed by atoms with Crippen molar-refractivity contribution >= 4 is 55.9 Å². The lowest BCUT2D eigenvalue weighted by Gasteiger charge is -2.30. The van der Waals surface area contributed by atoms with Gasteiger partial charge in [-0.3, -0.25) is 0 Å². The fourth-order valence-electron chi connectivity index (χ4n) is 21.9. The fourth-order valence-corrected chi connectivity index (χ4v) is 21.9. The average Bonchev–Trinajstić information content (AvgIpc) is 1.51. The molecule has 122 heavy (non-hydrogen) atoms. The zero-order chi connectivity index (χ0) is 80.8. The Bertz CT molecular complexity index is 7410. The van der Waals surface area contributed by atoms with Crippen LogP contribution in [0.3, 0.4) is 0 Å². The van der Waals surface area contributed by atoms with Crippen molar-refractivity contribution in [1.29, 1.82) is 0 Å². The largest absolute Gasteiger partial charge is 0.311 e. The summed E-state index contributed by atoms with van der Waals surface area (Å²) in [6.45, 7) is 4.72. The Morgan fingerprint density at radius 2 is 0.443 bits per heavy atom. The van der Waals surface area contributed by atoms with Gasteiger partial charge in [0.25, 0.3) is 0 Å². The number of nitrogens with zero attached hydrogens (tertiary/aromatic N) is 3. The number of hydrogen-bond donors (Lipinski definition) is 0. The van der Waals surface area contributed by atoms with E-state index in [1.807, 2.05) is 0 Å². The molecular formula is C119H81N3. The van der Waals surface area contributed by atoms with Gasteiger partial charge >= 0.3 is 0 Å². The summed E-state index contributed by atoms with van der Waals surface area (Å²) in [6.07, 6.45) is 0. The molecule has 0 atom stereocenters. The van der Waals surface area contributed by atoms with Gasteiger partial charge in [0, 0.05) is 56.0 Å². The molecule has 25 rings (SSSR count). The van der Waals surface area contributed by atoms with Gasteiger partial charge < -0.3 is 14.4 Å². The Labute approximate surface area is 712 Å². The van der Waals surface area contributed by atoms with E-state index in [2.05, 4.69) is 483 Å². The van der Waals surface area contributed by atoms with E-state index in [4.69, 9.17) is 0 Å². The number of rotatable bonds is 11. The van der Waals surface area contributed by atoms with E-state index in [1.165, 1.54) is 178 Å². The summed E-state index contributed by atoms with van der Waals surface area (Å²) in [7, 11) is 0. The zero-order valence-electron chi connectivity index (χ0n) is 67.6. The fraction of sp³-hybridized carbons (Fsp3) is 0.0420. The number of fused-ring (bicyclic) bond motifs is 26. The van der Waals surface area contributed by atoms with Crippen molar-refractivity contribution in [1.82, 2.24) is 4.57 Å². The molecule has 0 radical (unpaired) electrons. The van der Waals surface area contributed by atoms with E-state index in [0.717, 1.165) is 39.8 Å². The van der Waals surface area contributed by atoms with Crippen molar-refractivity contribution in [2.75, 3.05) is 9.80 Å². The monoisotopic (exact) mass is 1550 g/mol. The van der Waals surface area contributed by atoms with Gasteiger partial charge in [0.2, 0.25) is 0 Å². The lowest BCUT2D eigenvalue weighted by molar-refractivity contribution is 0.660. The third kappa shape index (κ3) is 10.5. The normalized spacial score (nSPS) is 13.5. The molecule has 1 heterocycles. The summed E-state index contributed by atoms with van der Waals surface area (Å²) in [6, 6.07) is 168. The molecule has 0 bridgehead atoms. The molecule has 0 saturated heterocycles. The summed E-state index contributed by atoms with van der Waals surface area (Å²) in [5.41, 5.74) is 46.0. The second kappa shape index (κ2) is 27.9. The van der Waals surface area contributed by atoms with Gasteiger partial charge in [0.1, 0.15) is 0 Å². The van der Waals surface area contributed by atoms with Crippen LogP contribution < -0.4 is 9.80 Å². The van der Waals surface area contributed by atoms with Gasteiger partial charge in [-0.15, -0.1) is 0 Å². The Morgan fingerprint density at radius 1 is 0.180 bits per heavy atom.